The van der Waals surface area contributed by atoms with E-state index in [-0.39, 0.29) is 12.8 Å². The molecule has 7 heteroatoms. The number of hydrogen-bond acceptors (Lipinski definition) is 6. The molecule has 0 amide bonds. The number of carbonyl (C=O) groups is 2. The predicted octanol–water partition coefficient (Wildman–Crippen LogP) is 1.23. The second-order valence-corrected chi connectivity index (χ2v) is 7.24. The van der Waals surface area contributed by atoms with E-state index in [0.717, 1.165) is 32.2 Å². The summed E-state index contributed by atoms with van der Waals surface area (Å²) in [6, 6.07) is -1.18. The highest BCUT2D eigenvalue weighted by molar-refractivity contribution is 5.98. The van der Waals surface area contributed by atoms with Gasteiger partial charge in [0.1, 0.15) is 0 Å². The summed E-state index contributed by atoms with van der Waals surface area (Å²) in [4.78, 5) is 25.1. The lowest BCUT2D eigenvalue weighted by atomic mass is 9.89. The van der Waals surface area contributed by atoms with Gasteiger partial charge in [-0.15, -0.1) is 0 Å². The van der Waals surface area contributed by atoms with Crippen LogP contribution in [0.1, 0.15) is 39.0 Å². The Kier molecular flexibility index (Phi) is 6.32. The van der Waals surface area contributed by atoms with E-state index < -0.39 is 18.0 Å². The van der Waals surface area contributed by atoms with Gasteiger partial charge in [0.2, 0.25) is 6.04 Å². The third-order valence-electron chi connectivity index (χ3n) is 5.46. The summed E-state index contributed by atoms with van der Waals surface area (Å²) in [5.41, 5.74) is 2.67. The van der Waals surface area contributed by atoms with Gasteiger partial charge in [0.05, 0.1) is 12.8 Å². The summed E-state index contributed by atoms with van der Waals surface area (Å²) in [5.74, 6) is -1.28. The zero-order chi connectivity index (χ0) is 18.5. The van der Waals surface area contributed by atoms with Crippen molar-refractivity contribution in [1.29, 1.82) is 0 Å². The van der Waals surface area contributed by atoms with E-state index in [9.17, 15) is 14.7 Å². The molecule has 0 aromatic heterocycles. The number of ether oxygens (including phenoxy) is 1. The highest BCUT2D eigenvalue weighted by atomic mass is 16.5. The highest BCUT2D eigenvalue weighted by Gasteiger charge is 2.36. The Morgan fingerprint density at radius 3 is 2.81 bits per heavy atom. The number of piperidine rings is 2. The number of carboxylic acid groups (broad SMARTS) is 1. The second-order valence-electron chi connectivity index (χ2n) is 7.24. The summed E-state index contributed by atoms with van der Waals surface area (Å²) in [6.07, 6.45) is 9.77. The fraction of sp³-hybridized carbons (Fsp3) is 0.684. The normalized spacial score (nSPS) is 25.3. The molecule has 26 heavy (non-hydrogen) atoms. The molecule has 2 fully saturated rings. The minimum absolute atomic E-state index is 0.198. The zero-order valence-corrected chi connectivity index (χ0v) is 15.4. The van der Waals surface area contributed by atoms with Crippen molar-refractivity contribution in [3.63, 3.8) is 0 Å². The van der Waals surface area contributed by atoms with Crippen LogP contribution in [0, 0.1) is 5.92 Å². The van der Waals surface area contributed by atoms with Crippen LogP contribution in [-0.2, 0) is 14.3 Å². The number of fused-ring (bicyclic) bond motifs is 1. The van der Waals surface area contributed by atoms with E-state index in [2.05, 4.69) is 22.8 Å². The van der Waals surface area contributed by atoms with Crippen LogP contribution in [0.2, 0.25) is 0 Å². The molecule has 144 valence electrons. The van der Waals surface area contributed by atoms with E-state index in [1.807, 2.05) is 0 Å². The van der Waals surface area contributed by atoms with Crippen molar-refractivity contribution in [2.45, 2.75) is 51.2 Å². The lowest BCUT2D eigenvalue weighted by molar-refractivity contribution is -0.161. The van der Waals surface area contributed by atoms with Crippen molar-refractivity contribution >= 4 is 11.9 Å². The molecule has 0 bridgehead atoms. The summed E-state index contributed by atoms with van der Waals surface area (Å²) >= 11 is 0. The summed E-state index contributed by atoms with van der Waals surface area (Å²) in [5, 5.41) is 16.5. The van der Waals surface area contributed by atoms with Crippen LogP contribution in [0.15, 0.2) is 23.4 Å². The number of hydrogen-bond donors (Lipinski definition) is 3. The quantitative estimate of drug-likeness (QED) is 0.483. The summed E-state index contributed by atoms with van der Waals surface area (Å²) in [6.45, 7) is 4.15. The van der Waals surface area contributed by atoms with Crippen LogP contribution in [0.5, 0.6) is 0 Å². The van der Waals surface area contributed by atoms with Gasteiger partial charge in [-0.3, -0.25) is 10.2 Å². The molecule has 0 spiro atoms. The number of nitrogens with one attached hydrogen (secondary N) is 2. The fourth-order valence-corrected chi connectivity index (χ4v) is 4.06. The second kappa shape index (κ2) is 8.68. The molecule has 3 rings (SSSR count). The summed E-state index contributed by atoms with van der Waals surface area (Å²) < 4.78 is 4.92. The largest absolute Gasteiger partial charge is 0.480 e. The lowest BCUT2D eigenvalue weighted by Gasteiger charge is -2.36. The molecule has 3 heterocycles. The molecular weight excluding hydrogens is 334 g/mol. The molecule has 2 saturated heterocycles. The van der Waals surface area contributed by atoms with Crippen molar-refractivity contribution in [3.05, 3.63) is 23.4 Å². The van der Waals surface area contributed by atoms with Gasteiger partial charge in [0, 0.05) is 5.70 Å². The predicted molar refractivity (Wildman–Crippen MR) is 97.3 cm³/mol. The van der Waals surface area contributed by atoms with Crippen LogP contribution in [-0.4, -0.2) is 60.4 Å². The Balaban J connectivity index is 1.52. The zero-order valence-electron chi connectivity index (χ0n) is 15.4. The SMILES string of the molecule is CCOC(=O)C(C(=O)O)N1CCC(CC2=CC=C3CCCNC3N2)CC1. The Morgan fingerprint density at radius 2 is 2.12 bits per heavy atom. The van der Waals surface area contributed by atoms with Gasteiger partial charge in [-0.05, 0) is 76.2 Å². The molecule has 3 aliphatic heterocycles. The highest BCUT2D eigenvalue weighted by Crippen LogP contribution is 2.27. The van der Waals surface area contributed by atoms with E-state index in [1.165, 1.54) is 17.7 Å². The molecule has 0 aromatic carbocycles. The standard InChI is InChI=1S/C19H29N3O4/c1-2-26-19(25)16(18(23)24)22-10-7-13(8-11-22)12-15-6-5-14-4-3-9-20-17(14)21-15/h5-6,13,16-17,20-21H,2-4,7-12H2,1H3,(H,23,24). The molecule has 3 aliphatic rings. The topological polar surface area (TPSA) is 90.9 Å². The molecule has 2 atom stereocenters. The molecule has 0 aliphatic carbocycles. The smallest absolute Gasteiger partial charge is 0.335 e. The Morgan fingerprint density at radius 1 is 1.35 bits per heavy atom. The number of esters is 1. The van der Waals surface area contributed by atoms with Crippen molar-refractivity contribution in [3.8, 4) is 0 Å². The minimum Gasteiger partial charge on any atom is -0.480 e. The number of aliphatic carboxylic acids is 1. The number of carboxylic acids is 1. The number of nitrogens with zero attached hydrogens (tertiary/aromatic N) is 1. The first-order valence-corrected chi connectivity index (χ1v) is 9.61. The van der Waals surface area contributed by atoms with E-state index in [1.54, 1.807) is 11.8 Å². The first-order chi connectivity index (χ1) is 12.6. The van der Waals surface area contributed by atoms with Gasteiger partial charge in [-0.25, -0.2) is 9.59 Å². The fourth-order valence-electron chi connectivity index (χ4n) is 4.06. The number of likely N-dealkylation sites (tertiary alicyclic amines) is 1. The number of dihydropyridines is 1. The molecule has 0 saturated carbocycles. The van der Waals surface area contributed by atoms with E-state index in [4.69, 9.17) is 4.74 Å². The summed E-state index contributed by atoms with van der Waals surface area (Å²) in [7, 11) is 0. The van der Waals surface area contributed by atoms with Gasteiger partial charge in [-0.2, -0.15) is 0 Å². The van der Waals surface area contributed by atoms with E-state index >= 15 is 0 Å². The third kappa shape index (κ3) is 4.45. The maximum Gasteiger partial charge on any atom is 0.335 e. The molecule has 7 nitrogen and oxygen atoms in total. The Hall–Kier alpha value is -1.86. The van der Waals surface area contributed by atoms with Gasteiger partial charge in [-0.1, -0.05) is 6.08 Å². The molecule has 0 aromatic rings. The van der Waals surface area contributed by atoms with Crippen molar-refractivity contribution in [2.24, 2.45) is 5.92 Å². The van der Waals surface area contributed by atoms with Crippen LogP contribution in [0.25, 0.3) is 0 Å². The Labute approximate surface area is 154 Å². The molecular formula is C19H29N3O4. The van der Waals surface area contributed by atoms with Crippen molar-refractivity contribution in [2.75, 3.05) is 26.2 Å². The van der Waals surface area contributed by atoms with Crippen molar-refractivity contribution < 1.29 is 19.4 Å². The van der Waals surface area contributed by atoms with Crippen LogP contribution >= 0.6 is 0 Å². The molecule has 3 N–H and O–H groups in total. The third-order valence-corrected chi connectivity index (χ3v) is 5.46. The van der Waals surface area contributed by atoms with Gasteiger partial charge in [0.15, 0.2) is 0 Å². The average molecular weight is 363 g/mol. The van der Waals surface area contributed by atoms with Gasteiger partial charge < -0.3 is 15.2 Å². The number of allylic oxidation sites excluding steroid dienone is 3. The van der Waals surface area contributed by atoms with Crippen molar-refractivity contribution in [1.82, 2.24) is 15.5 Å². The maximum absolute atomic E-state index is 11.9. The van der Waals surface area contributed by atoms with Crippen LogP contribution < -0.4 is 10.6 Å². The van der Waals surface area contributed by atoms with Crippen LogP contribution in [0.3, 0.4) is 0 Å². The maximum atomic E-state index is 11.9. The first kappa shape index (κ1) is 18.9. The number of rotatable bonds is 6. The lowest BCUT2D eigenvalue weighted by Crippen LogP contribution is -2.51. The molecule has 2 unspecified atom stereocenters. The monoisotopic (exact) mass is 363 g/mol. The van der Waals surface area contributed by atoms with Gasteiger partial charge >= 0.3 is 11.9 Å². The first-order valence-electron chi connectivity index (χ1n) is 9.61. The Bertz CT molecular complexity index is 594. The van der Waals surface area contributed by atoms with E-state index in [0.29, 0.717) is 19.0 Å². The van der Waals surface area contributed by atoms with Gasteiger partial charge in [0.25, 0.3) is 0 Å². The molecule has 0 radical (unpaired) electrons. The number of carbonyl (C=O) groups excluding carboxylic acids is 1. The minimum atomic E-state index is -1.18. The van der Waals surface area contributed by atoms with Crippen LogP contribution in [0.4, 0.5) is 0 Å². The average Bonchev–Trinajstić information content (AvgIpc) is 2.63.